The molecule has 2 rings (SSSR count). The van der Waals surface area contributed by atoms with Crippen LogP contribution in [0.2, 0.25) is 0 Å². The van der Waals surface area contributed by atoms with Crippen molar-refractivity contribution in [3.63, 3.8) is 0 Å². The van der Waals surface area contributed by atoms with E-state index in [0.29, 0.717) is 11.3 Å². The van der Waals surface area contributed by atoms with Gasteiger partial charge < -0.3 is 5.32 Å². The van der Waals surface area contributed by atoms with Crippen LogP contribution < -0.4 is 5.32 Å². The van der Waals surface area contributed by atoms with Crippen molar-refractivity contribution >= 4 is 11.8 Å². The first kappa shape index (κ1) is 15.8. The lowest BCUT2D eigenvalue weighted by Gasteiger charge is -2.38. The Kier molecular flexibility index (Phi) is 6.37. The molecule has 3 unspecified atom stereocenters. The highest BCUT2D eigenvalue weighted by molar-refractivity contribution is 8.00. The summed E-state index contributed by atoms with van der Waals surface area (Å²) in [4.78, 5) is 5.48. The molecule has 0 bridgehead atoms. The van der Waals surface area contributed by atoms with E-state index in [1.807, 2.05) is 24.2 Å². The van der Waals surface area contributed by atoms with Crippen LogP contribution in [0.15, 0.2) is 29.4 Å². The van der Waals surface area contributed by atoms with Crippen LogP contribution in [-0.2, 0) is 0 Å². The van der Waals surface area contributed by atoms with E-state index in [0.717, 1.165) is 18.4 Å². The molecule has 1 aromatic heterocycles. The Hall–Kier alpha value is -0.540. The molecule has 0 saturated heterocycles. The van der Waals surface area contributed by atoms with Crippen LogP contribution in [0.5, 0.6) is 0 Å². The molecule has 20 heavy (non-hydrogen) atoms. The minimum Gasteiger partial charge on any atom is -0.313 e. The predicted octanol–water partition coefficient (Wildman–Crippen LogP) is 4.37. The highest BCUT2D eigenvalue weighted by atomic mass is 32.2. The summed E-state index contributed by atoms with van der Waals surface area (Å²) in [6, 6.07) is 4.95. The van der Waals surface area contributed by atoms with Crippen LogP contribution in [0.3, 0.4) is 0 Å². The van der Waals surface area contributed by atoms with Crippen molar-refractivity contribution in [2.45, 2.75) is 62.6 Å². The number of nitrogens with zero attached hydrogens (tertiary/aromatic N) is 1. The minimum atomic E-state index is 0.670. The number of thioether (sulfide) groups is 1. The van der Waals surface area contributed by atoms with Crippen molar-refractivity contribution < 1.29 is 0 Å². The Morgan fingerprint density at radius 2 is 2.05 bits per heavy atom. The molecule has 0 aromatic carbocycles. The van der Waals surface area contributed by atoms with Crippen LogP contribution in [-0.4, -0.2) is 22.8 Å². The van der Waals surface area contributed by atoms with Crippen LogP contribution in [0, 0.1) is 11.8 Å². The number of hydrogen-bond donors (Lipinski definition) is 1. The third-order valence-electron chi connectivity index (χ3n) is 4.37. The summed E-state index contributed by atoms with van der Waals surface area (Å²) in [5.41, 5.74) is 0. The lowest BCUT2D eigenvalue weighted by molar-refractivity contribution is 0.246. The second kappa shape index (κ2) is 8.04. The highest BCUT2D eigenvalue weighted by Gasteiger charge is 2.31. The fourth-order valence-corrected chi connectivity index (χ4v) is 4.42. The van der Waals surface area contributed by atoms with Gasteiger partial charge in [0.15, 0.2) is 0 Å². The zero-order valence-corrected chi connectivity index (χ0v) is 13.8. The van der Waals surface area contributed by atoms with E-state index < -0.39 is 0 Å². The topological polar surface area (TPSA) is 24.9 Å². The smallest absolute Gasteiger partial charge is 0.0278 e. The molecule has 2 nitrogen and oxygen atoms in total. The fourth-order valence-electron chi connectivity index (χ4n) is 3.05. The zero-order chi connectivity index (χ0) is 14.4. The second-order valence-electron chi connectivity index (χ2n) is 6.22. The monoisotopic (exact) mass is 292 g/mol. The van der Waals surface area contributed by atoms with E-state index >= 15 is 0 Å². The summed E-state index contributed by atoms with van der Waals surface area (Å²) in [5.74, 6) is 1.69. The molecule has 3 atom stereocenters. The fraction of sp³-hybridized carbons (Fsp3) is 0.706. The molecular formula is C17H28N2S. The first-order valence-corrected chi connectivity index (χ1v) is 8.88. The molecule has 0 radical (unpaired) electrons. The third kappa shape index (κ3) is 4.49. The molecule has 1 aliphatic carbocycles. The van der Waals surface area contributed by atoms with E-state index in [1.54, 1.807) is 0 Å². The highest BCUT2D eigenvalue weighted by Crippen LogP contribution is 2.39. The maximum atomic E-state index is 4.12. The van der Waals surface area contributed by atoms with Gasteiger partial charge in [-0.25, -0.2) is 0 Å². The Balaban J connectivity index is 2.01. The Bertz CT molecular complexity index is 380. The van der Waals surface area contributed by atoms with E-state index in [-0.39, 0.29) is 0 Å². The standard InChI is InChI=1S/C17H28N2S/c1-4-9-19-16-6-5-14(13(2)3)12-17(16)20-15-7-10-18-11-8-15/h7-8,10-11,13-14,16-17,19H,4-6,9,12H2,1-3H3. The van der Waals surface area contributed by atoms with Gasteiger partial charge in [0.05, 0.1) is 0 Å². The summed E-state index contributed by atoms with van der Waals surface area (Å²) in [6.45, 7) is 8.14. The quantitative estimate of drug-likeness (QED) is 0.843. The van der Waals surface area contributed by atoms with Crippen molar-refractivity contribution in [2.24, 2.45) is 11.8 Å². The van der Waals surface area contributed by atoms with Crippen molar-refractivity contribution in [1.29, 1.82) is 0 Å². The molecule has 1 fully saturated rings. The summed E-state index contributed by atoms with van der Waals surface area (Å²) < 4.78 is 0. The molecule has 0 spiro atoms. The lowest BCUT2D eigenvalue weighted by atomic mass is 9.79. The van der Waals surface area contributed by atoms with Gasteiger partial charge in [-0.2, -0.15) is 0 Å². The molecule has 1 heterocycles. The first-order valence-electron chi connectivity index (χ1n) is 8.00. The van der Waals surface area contributed by atoms with Gasteiger partial charge in [0.25, 0.3) is 0 Å². The number of pyridine rings is 1. The van der Waals surface area contributed by atoms with Gasteiger partial charge in [-0.05, 0) is 56.2 Å². The summed E-state index contributed by atoms with van der Waals surface area (Å²) in [7, 11) is 0. The van der Waals surface area contributed by atoms with Crippen LogP contribution in [0.1, 0.15) is 46.5 Å². The van der Waals surface area contributed by atoms with Gasteiger partial charge in [0, 0.05) is 28.6 Å². The van der Waals surface area contributed by atoms with E-state index in [4.69, 9.17) is 0 Å². The van der Waals surface area contributed by atoms with Crippen LogP contribution >= 0.6 is 11.8 Å². The number of nitrogens with one attached hydrogen (secondary N) is 1. The van der Waals surface area contributed by atoms with Gasteiger partial charge in [0.1, 0.15) is 0 Å². The first-order chi connectivity index (χ1) is 9.70. The van der Waals surface area contributed by atoms with Crippen molar-refractivity contribution in [3.05, 3.63) is 24.5 Å². The van der Waals surface area contributed by atoms with Crippen LogP contribution in [0.4, 0.5) is 0 Å². The third-order valence-corrected chi connectivity index (χ3v) is 5.74. The Labute approximate surface area is 128 Å². The molecule has 0 amide bonds. The summed E-state index contributed by atoms with van der Waals surface area (Å²) in [6.07, 6.45) is 9.07. The maximum Gasteiger partial charge on any atom is 0.0278 e. The molecule has 3 heteroatoms. The van der Waals surface area contributed by atoms with Gasteiger partial charge in [-0.3, -0.25) is 4.98 Å². The van der Waals surface area contributed by atoms with Crippen LogP contribution in [0.25, 0.3) is 0 Å². The molecule has 1 aliphatic rings. The number of hydrogen-bond acceptors (Lipinski definition) is 3. The maximum absolute atomic E-state index is 4.12. The molecule has 1 aromatic rings. The Morgan fingerprint density at radius 3 is 2.70 bits per heavy atom. The van der Waals surface area contributed by atoms with Gasteiger partial charge >= 0.3 is 0 Å². The minimum absolute atomic E-state index is 0.670. The molecule has 1 saturated carbocycles. The number of aromatic nitrogens is 1. The molecule has 112 valence electrons. The van der Waals surface area contributed by atoms with E-state index in [9.17, 15) is 0 Å². The largest absolute Gasteiger partial charge is 0.313 e. The van der Waals surface area contributed by atoms with Gasteiger partial charge in [-0.15, -0.1) is 11.8 Å². The average Bonchev–Trinajstić information content (AvgIpc) is 2.47. The van der Waals surface area contributed by atoms with E-state index in [1.165, 1.54) is 30.6 Å². The Morgan fingerprint density at radius 1 is 1.30 bits per heavy atom. The summed E-state index contributed by atoms with van der Waals surface area (Å²) in [5, 5.41) is 4.46. The van der Waals surface area contributed by atoms with Crippen molar-refractivity contribution in [1.82, 2.24) is 10.3 Å². The molecule has 0 aliphatic heterocycles. The predicted molar refractivity (Wildman–Crippen MR) is 88.1 cm³/mol. The SMILES string of the molecule is CCCNC1CCC(C(C)C)CC1Sc1ccncc1. The van der Waals surface area contributed by atoms with Crippen molar-refractivity contribution in [3.8, 4) is 0 Å². The molecular weight excluding hydrogens is 264 g/mol. The normalized spacial score (nSPS) is 26.9. The second-order valence-corrected chi connectivity index (χ2v) is 7.53. The summed E-state index contributed by atoms with van der Waals surface area (Å²) >= 11 is 2.04. The van der Waals surface area contributed by atoms with Gasteiger partial charge in [-0.1, -0.05) is 20.8 Å². The lowest BCUT2D eigenvalue weighted by Crippen LogP contribution is -2.43. The van der Waals surface area contributed by atoms with Crippen molar-refractivity contribution in [2.75, 3.05) is 6.54 Å². The number of rotatable bonds is 6. The average molecular weight is 292 g/mol. The van der Waals surface area contributed by atoms with E-state index in [2.05, 4.69) is 43.2 Å². The zero-order valence-electron chi connectivity index (χ0n) is 13.0. The molecule has 1 N–H and O–H groups in total. The van der Waals surface area contributed by atoms with Gasteiger partial charge in [0.2, 0.25) is 0 Å².